The fourth-order valence-electron chi connectivity index (χ4n) is 3.89. The van der Waals surface area contributed by atoms with E-state index in [0.717, 1.165) is 34.4 Å². The number of amides is 4. The molecule has 2 aliphatic rings. The predicted octanol–water partition coefficient (Wildman–Crippen LogP) is 2.11. The average molecular weight is 364 g/mol. The highest BCUT2D eigenvalue weighted by molar-refractivity contribution is 6.10. The Hall–Kier alpha value is -3.22. The molecule has 138 valence electrons. The number of nitrogens with zero attached hydrogens (tertiary/aromatic N) is 2. The molecule has 0 unspecified atom stereocenters. The molecule has 7 nitrogen and oxygen atoms in total. The van der Waals surface area contributed by atoms with Crippen molar-refractivity contribution in [3.8, 4) is 0 Å². The first-order valence-electron chi connectivity index (χ1n) is 8.95. The molecular formula is C20H20N4O3. The van der Waals surface area contributed by atoms with E-state index in [1.54, 1.807) is 12.3 Å². The first kappa shape index (κ1) is 17.2. The van der Waals surface area contributed by atoms with Crippen LogP contribution in [-0.4, -0.2) is 34.3 Å². The summed E-state index contributed by atoms with van der Waals surface area (Å²) in [6.07, 6.45) is 3.78. The van der Waals surface area contributed by atoms with Crippen LogP contribution in [0.25, 0.3) is 0 Å². The number of carbonyl (C=O) groups excluding carboxylic acids is 3. The maximum Gasteiger partial charge on any atom is 0.325 e. The number of anilines is 1. The van der Waals surface area contributed by atoms with Gasteiger partial charge in [0, 0.05) is 6.20 Å². The van der Waals surface area contributed by atoms with Crippen molar-refractivity contribution in [1.29, 1.82) is 0 Å². The summed E-state index contributed by atoms with van der Waals surface area (Å²) < 4.78 is 0. The first-order valence-corrected chi connectivity index (χ1v) is 8.95. The largest absolute Gasteiger partial charge is 0.325 e. The van der Waals surface area contributed by atoms with E-state index in [1.807, 2.05) is 37.3 Å². The van der Waals surface area contributed by atoms with Gasteiger partial charge in [-0.1, -0.05) is 30.3 Å². The zero-order chi connectivity index (χ0) is 19.0. The van der Waals surface area contributed by atoms with E-state index in [0.29, 0.717) is 12.2 Å². The third kappa shape index (κ3) is 2.85. The number of aromatic nitrogens is 1. The quantitative estimate of drug-likeness (QED) is 0.816. The molecule has 1 fully saturated rings. The summed E-state index contributed by atoms with van der Waals surface area (Å²) in [6, 6.07) is 10.7. The summed E-state index contributed by atoms with van der Waals surface area (Å²) in [6.45, 7) is 1.48. The van der Waals surface area contributed by atoms with E-state index in [1.165, 1.54) is 0 Å². The zero-order valence-electron chi connectivity index (χ0n) is 15.0. The molecule has 0 bridgehead atoms. The van der Waals surface area contributed by atoms with Crippen molar-refractivity contribution in [3.63, 3.8) is 0 Å². The van der Waals surface area contributed by atoms with Crippen LogP contribution >= 0.6 is 0 Å². The lowest BCUT2D eigenvalue weighted by Gasteiger charge is -2.33. The zero-order valence-corrected chi connectivity index (χ0v) is 15.0. The molecule has 0 saturated carbocycles. The summed E-state index contributed by atoms with van der Waals surface area (Å²) >= 11 is 0. The van der Waals surface area contributed by atoms with E-state index >= 15 is 0 Å². The normalized spacial score (nSPS) is 21.1. The van der Waals surface area contributed by atoms with Gasteiger partial charge in [0.2, 0.25) is 5.91 Å². The predicted molar refractivity (Wildman–Crippen MR) is 98.9 cm³/mol. The molecule has 2 N–H and O–H groups in total. The molecule has 1 aliphatic heterocycles. The SMILES string of the molecule is Cc1cccnc1NC(=O)CN1C(=O)N[C@]2(CCCc3ccccc32)C1=O. The molecule has 4 amide bonds. The van der Waals surface area contributed by atoms with E-state index in [9.17, 15) is 14.4 Å². The van der Waals surface area contributed by atoms with Crippen molar-refractivity contribution < 1.29 is 14.4 Å². The summed E-state index contributed by atoms with van der Waals surface area (Å²) in [5, 5.41) is 5.51. The van der Waals surface area contributed by atoms with E-state index in [4.69, 9.17) is 0 Å². The average Bonchev–Trinajstić information content (AvgIpc) is 2.89. The second kappa shape index (κ2) is 6.50. The molecule has 1 spiro atoms. The highest BCUT2D eigenvalue weighted by atomic mass is 16.2. The lowest BCUT2D eigenvalue weighted by molar-refractivity contribution is -0.134. The number of pyridine rings is 1. The second-order valence-electron chi connectivity index (χ2n) is 6.95. The van der Waals surface area contributed by atoms with E-state index in [-0.39, 0.29) is 12.5 Å². The maximum atomic E-state index is 13.2. The molecule has 1 aromatic heterocycles. The van der Waals surface area contributed by atoms with Gasteiger partial charge in [-0.25, -0.2) is 9.78 Å². The second-order valence-corrected chi connectivity index (χ2v) is 6.95. The number of urea groups is 1. The van der Waals surface area contributed by atoms with Gasteiger partial charge in [0.05, 0.1) is 0 Å². The molecule has 1 saturated heterocycles. The Balaban J connectivity index is 1.56. The fraction of sp³-hybridized carbons (Fsp3) is 0.300. The van der Waals surface area contributed by atoms with Gasteiger partial charge in [0.25, 0.3) is 5.91 Å². The molecule has 2 heterocycles. The van der Waals surface area contributed by atoms with Crippen molar-refractivity contribution in [2.75, 3.05) is 11.9 Å². The molecule has 7 heteroatoms. The van der Waals surface area contributed by atoms with Crippen LogP contribution in [0.4, 0.5) is 10.6 Å². The molecule has 1 aliphatic carbocycles. The van der Waals surface area contributed by atoms with Crippen LogP contribution in [0.15, 0.2) is 42.6 Å². The van der Waals surface area contributed by atoms with E-state index in [2.05, 4.69) is 15.6 Å². The Morgan fingerprint density at radius 3 is 2.89 bits per heavy atom. The van der Waals surface area contributed by atoms with Gasteiger partial charge in [-0.15, -0.1) is 0 Å². The molecule has 2 aromatic rings. The van der Waals surface area contributed by atoms with Crippen LogP contribution in [0.2, 0.25) is 0 Å². The van der Waals surface area contributed by atoms with Crippen LogP contribution in [0.5, 0.6) is 0 Å². The number of rotatable bonds is 3. The number of benzene rings is 1. The van der Waals surface area contributed by atoms with Crippen LogP contribution in [0.3, 0.4) is 0 Å². The monoisotopic (exact) mass is 364 g/mol. The maximum absolute atomic E-state index is 13.2. The standard InChI is InChI=1S/C20H20N4O3/c1-13-6-5-11-21-17(13)22-16(25)12-24-18(26)20(23-19(24)27)10-4-8-14-7-2-3-9-15(14)20/h2-3,5-7,9,11H,4,8,10,12H2,1H3,(H,23,27)(H,21,22,25)/t20-/m0/s1. The van der Waals surface area contributed by atoms with Crippen LogP contribution in [-0.2, 0) is 21.5 Å². The van der Waals surface area contributed by atoms with Crippen molar-refractivity contribution in [3.05, 3.63) is 59.3 Å². The van der Waals surface area contributed by atoms with Gasteiger partial charge in [-0.3, -0.25) is 14.5 Å². The highest BCUT2D eigenvalue weighted by Crippen LogP contribution is 2.39. The third-order valence-corrected chi connectivity index (χ3v) is 5.22. The molecule has 0 radical (unpaired) electrons. The van der Waals surface area contributed by atoms with Crippen LogP contribution in [0.1, 0.15) is 29.5 Å². The Morgan fingerprint density at radius 1 is 1.26 bits per heavy atom. The number of nitrogens with one attached hydrogen (secondary N) is 2. The number of hydrogen-bond acceptors (Lipinski definition) is 4. The fourth-order valence-corrected chi connectivity index (χ4v) is 3.89. The van der Waals surface area contributed by atoms with Crippen molar-refractivity contribution >= 4 is 23.7 Å². The minimum absolute atomic E-state index is 0.343. The summed E-state index contributed by atoms with van der Waals surface area (Å²) in [5.74, 6) is -0.402. The molecule has 4 rings (SSSR count). The third-order valence-electron chi connectivity index (χ3n) is 5.22. The van der Waals surface area contributed by atoms with Gasteiger partial charge in [-0.2, -0.15) is 0 Å². The Morgan fingerprint density at radius 2 is 2.07 bits per heavy atom. The number of aryl methyl sites for hydroxylation is 2. The Labute approximate surface area is 156 Å². The van der Waals surface area contributed by atoms with Crippen LogP contribution < -0.4 is 10.6 Å². The van der Waals surface area contributed by atoms with Gasteiger partial charge in [-0.05, 0) is 48.9 Å². The number of hydrogen-bond donors (Lipinski definition) is 2. The van der Waals surface area contributed by atoms with Gasteiger partial charge >= 0.3 is 6.03 Å². The van der Waals surface area contributed by atoms with Gasteiger partial charge < -0.3 is 10.6 Å². The summed E-state index contributed by atoms with van der Waals surface area (Å²) in [5.41, 5.74) is 1.64. The first-order chi connectivity index (χ1) is 13.0. The molecule has 27 heavy (non-hydrogen) atoms. The minimum atomic E-state index is -1.06. The molecular weight excluding hydrogens is 344 g/mol. The molecule has 1 aromatic carbocycles. The Kier molecular flexibility index (Phi) is 4.14. The van der Waals surface area contributed by atoms with Crippen LogP contribution in [0, 0.1) is 6.92 Å². The topological polar surface area (TPSA) is 91.4 Å². The van der Waals surface area contributed by atoms with Crippen molar-refractivity contribution in [2.45, 2.75) is 31.7 Å². The highest BCUT2D eigenvalue weighted by Gasteiger charge is 2.54. The van der Waals surface area contributed by atoms with Gasteiger partial charge in [0.1, 0.15) is 17.9 Å². The number of imide groups is 1. The van der Waals surface area contributed by atoms with E-state index < -0.39 is 17.5 Å². The van der Waals surface area contributed by atoms with Gasteiger partial charge in [0.15, 0.2) is 0 Å². The Bertz CT molecular complexity index is 942. The smallest absolute Gasteiger partial charge is 0.319 e. The lowest BCUT2D eigenvalue weighted by atomic mass is 9.76. The molecule has 1 atom stereocenters. The minimum Gasteiger partial charge on any atom is -0.319 e. The van der Waals surface area contributed by atoms with Crippen molar-refractivity contribution in [2.24, 2.45) is 0 Å². The number of fused-ring (bicyclic) bond motifs is 2. The summed E-state index contributed by atoms with van der Waals surface area (Å²) in [7, 11) is 0. The van der Waals surface area contributed by atoms with Crippen molar-refractivity contribution in [1.82, 2.24) is 15.2 Å². The summed E-state index contributed by atoms with van der Waals surface area (Å²) in [4.78, 5) is 43.2. The lowest BCUT2D eigenvalue weighted by Crippen LogP contribution is -2.47. The number of carbonyl (C=O) groups is 3.